The van der Waals surface area contributed by atoms with Gasteiger partial charge in [-0.1, -0.05) is 62.2 Å². The standard InChI is InChI=1S/C16H23Cl3O/c1-3-5-6-7-8-9-13(17)12-10-15(19)16(20-4-2)11-14(12)18/h10-11,13H,3-9H2,1-2H3. The normalized spacial score (nSPS) is 12.4. The van der Waals surface area contributed by atoms with Crippen molar-refractivity contribution in [1.29, 1.82) is 0 Å². The lowest BCUT2D eigenvalue weighted by molar-refractivity contribution is 0.340. The zero-order valence-electron chi connectivity index (χ0n) is 12.2. The first kappa shape index (κ1) is 17.9. The highest BCUT2D eigenvalue weighted by atomic mass is 35.5. The van der Waals surface area contributed by atoms with Crippen LogP contribution < -0.4 is 4.74 Å². The average molecular weight is 338 g/mol. The number of alkyl halides is 1. The molecule has 1 aromatic carbocycles. The van der Waals surface area contributed by atoms with Crippen LogP contribution in [-0.4, -0.2) is 6.61 Å². The van der Waals surface area contributed by atoms with Gasteiger partial charge in [-0.2, -0.15) is 0 Å². The van der Waals surface area contributed by atoms with Gasteiger partial charge in [0.05, 0.1) is 17.0 Å². The highest BCUT2D eigenvalue weighted by molar-refractivity contribution is 6.35. The summed E-state index contributed by atoms with van der Waals surface area (Å²) < 4.78 is 5.42. The van der Waals surface area contributed by atoms with Gasteiger partial charge in [-0.15, -0.1) is 11.6 Å². The number of rotatable bonds is 9. The molecule has 1 rings (SSSR count). The predicted octanol–water partition coefficient (Wildman–Crippen LogP) is 7.03. The van der Waals surface area contributed by atoms with Crippen LogP contribution in [0.5, 0.6) is 5.75 Å². The summed E-state index contributed by atoms with van der Waals surface area (Å²) in [5, 5.41) is 1.12. The number of unbranched alkanes of at least 4 members (excludes halogenated alkanes) is 4. The topological polar surface area (TPSA) is 9.23 Å². The van der Waals surface area contributed by atoms with Gasteiger partial charge in [-0.3, -0.25) is 0 Å². The third-order valence-electron chi connectivity index (χ3n) is 3.25. The first-order valence-electron chi connectivity index (χ1n) is 7.35. The highest BCUT2D eigenvalue weighted by Gasteiger charge is 2.15. The van der Waals surface area contributed by atoms with Crippen molar-refractivity contribution in [3.05, 3.63) is 27.7 Å². The molecule has 0 heterocycles. The minimum Gasteiger partial charge on any atom is -0.492 e. The predicted molar refractivity (Wildman–Crippen MR) is 89.6 cm³/mol. The quantitative estimate of drug-likeness (QED) is 0.347. The zero-order chi connectivity index (χ0) is 15.0. The lowest BCUT2D eigenvalue weighted by Gasteiger charge is -2.14. The molecule has 20 heavy (non-hydrogen) atoms. The molecule has 0 aromatic heterocycles. The largest absolute Gasteiger partial charge is 0.492 e. The summed E-state index contributed by atoms with van der Waals surface area (Å²) in [4.78, 5) is 0. The van der Waals surface area contributed by atoms with E-state index in [0.717, 1.165) is 18.4 Å². The van der Waals surface area contributed by atoms with E-state index in [1.807, 2.05) is 13.0 Å². The van der Waals surface area contributed by atoms with Gasteiger partial charge in [-0.05, 0) is 25.0 Å². The number of ether oxygens (including phenoxy) is 1. The Balaban J connectivity index is 2.59. The van der Waals surface area contributed by atoms with Gasteiger partial charge in [0.25, 0.3) is 0 Å². The van der Waals surface area contributed by atoms with E-state index in [4.69, 9.17) is 39.5 Å². The van der Waals surface area contributed by atoms with Crippen molar-refractivity contribution in [2.75, 3.05) is 6.61 Å². The van der Waals surface area contributed by atoms with Gasteiger partial charge in [0.1, 0.15) is 5.75 Å². The van der Waals surface area contributed by atoms with Gasteiger partial charge < -0.3 is 4.74 Å². The van der Waals surface area contributed by atoms with E-state index < -0.39 is 0 Å². The Kier molecular flexibility index (Phi) is 8.75. The molecule has 4 heteroatoms. The van der Waals surface area contributed by atoms with Crippen LogP contribution in [0, 0.1) is 0 Å². The first-order valence-corrected chi connectivity index (χ1v) is 8.55. The fourth-order valence-electron chi connectivity index (χ4n) is 2.13. The average Bonchev–Trinajstić information content (AvgIpc) is 2.42. The van der Waals surface area contributed by atoms with E-state index in [1.165, 1.54) is 25.7 Å². The molecule has 0 bridgehead atoms. The fraction of sp³-hybridized carbons (Fsp3) is 0.625. The van der Waals surface area contributed by atoms with Crippen molar-refractivity contribution in [3.8, 4) is 5.75 Å². The molecule has 0 amide bonds. The monoisotopic (exact) mass is 336 g/mol. The second-order valence-electron chi connectivity index (χ2n) is 4.91. The van der Waals surface area contributed by atoms with Crippen molar-refractivity contribution in [3.63, 3.8) is 0 Å². The summed E-state index contributed by atoms with van der Waals surface area (Å²) in [6.45, 7) is 4.70. The molecule has 0 aliphatic rings. The summed E-state index contributed by atoms with van der Waals surface area (Å²) in [6, 6.07) is 3.59. The number of hydrogen-bond donors (Lipinski definition) is 0. The van der Waals surface area contributed by atoms with E-state index in [0.29, 0.717) is 22.4 Å². The number of halogens is 3. The van der Waals surface area contributed by atoms with E-state index in [9.17, 15) is 0 Å². The summed E-state index contributed by atoms with van der Waals surface area (Å²) >= 11 is 18.9. The van der Waals surface area contributed by atoms with Gasteiger partial charge >= 0.3 is 0 Å². The second-order valence-corrected chi connectivity index (χ2v) is 6.25. The minimum atomic E-state index is -0.0858. The van der Waals surface area contributed by atoms with Crippen molar-refractivity contribution in [2.24, 2.45) is 0 Å². The maximum Gasteiger partial charge on any atom is 0.139 e. The Morgan fingerprint density at radius 3 is 2.35 bits per heavy atom. The van der Waals surface area contributed by atoms with Gasteiger partial charge in [0.15, 0.2) is 0 Å². The van der Waals surface area contributed by atoms with Crippen LogP contribution in [0.3, 0.4) is 0 Å². The molecule has 0 aliphatic carbocycles. The summed E-state index contributed by atoms with van der Waals surface area (Å²) in [6.07, 6.45) is 7.09. The highest BCUT2D eigenvalue weighted by Crippen LogP contribution is 2.38. The van der Waals surface area contributed by atoms with Gasteiger partial charge in [-0.25, -0.2) is 0 Å². The maximum absolute atomic E-state index is 6.44. The first-order chi connectivity index (χ1) is 9.60. The van der Waals surface area contributed by atoms with Crippen LogP contribution in [0.25, 0.3) is 0 Å². The molecule has 0 fully saturated rings. The van der Waals surface area contributed by atoms with Crippen LogP contribution >= 0.6 is 34.8 Å². The van der Waals surface area contributed by atoms with Gasteiger partial charge in [0.2, 0.25) is 0 Å². The molecule has 1 aromatic rings. The maximum atomic E-state index is 6.44. The van der Waals surface area contributed by atoms with Crippen molar-refractivity contribution in [1.82, 2.24) is 0 Å². The third-order valence-corrected chi connectivity index (χ3v) is 4.33. The summed E-state index contributed by atoms with van der Waals surface area (Å²) in [7, 11) is 0. The molecular weight excluding hydrogens is 315 g/mol. The van der Waals surface area contributed by atoms with E-state index in [-0.39, 0.29) is 5.38 Å². The molecular formula is C16H23Cl3O. The Labute approximate surface area is 137 Å². The molecule has 1 nitrogen and oxygen atoms in total. The summed E-state index contributed by atoms with van der Waals surface area (Å²) in [5.74, 6) is 0.620. The molecule has 1 unspecified atom stereocenters. The van der Waals surface area contributed by atoms with E-state index in [2.05, 4.69) is 6.92 Å². The van der Waals surface area contributed by atoms with Crippen LogP contribution in [0.15, 0.2) is 12.1 Å². The second kappa shape index (κ2) is 9.76. The molecule has 114 valence electrons. The van der Waals surface area contributed by atoms with E-state index in [1.54, 1.807) is 6.07 Å². The fourth-order valence-corrected chi connectivity index (χ4v) is 3.04. The van der Waals surface area contributed by atoms with Gasteiger partial charge in [0, 0.05) is 11.1 Å². The number of hydrogen-bond acceptors (Lipinski definition) is 1. The van der Waals surface area contributed by atoms with E-state index >= 15 is 0 Å². The Morgan fingerprint density at radius 2 is 1.70 bits per heavy atom. The van der Waals surface area contributed by atoms with Crippen molar-refractivity contribution >= 4 is 34.8 Å². The van der Waals surface area contributed by atoms with Crippen LogP contribution in [0.1, 0.15) is 63.3 Å². The van der Waals surface area contributed by atoms with Crippen molar-refractivity contribution in [2.45, 2.75) is 57.7 Å². The minimum absolute atomic E-state index is 0.0858. The Bertz CT molecular complexity index is 407. The molecule has 0 aliphatic heterocycles. The smallest absolute Gasteiger partial charge is 0.139 e. The molecule has 0 radical (unpaired) electrons. The van der Waals surface area contributed by atoms with Crippen LogP contribution in [-0.2, 0) is 0 Å². The van der Waals surface area contributed by atoms with Crippen molar-refractivity contribution < 1.29 is 4.74 Å². The lowest BCUT2D eigenvalue weighted by Crippen LogP contribution is -1.97. The molecule has 0 spiro atoms. The third kappa shape index (κ3) is 5.71. The zero-order valence-corrected chi connectivity index (χ0v) is 14.5. The molecule has 0 saturated heterocycles. The Hall–Kier alpha value is -0.110. The molecule has 0 saturated carbocycles. The van der Waals surface area contributed by atoms with Crippen LogP contribution in [0.4, 0.5) is 0 Å². The number of benzene rings is 1. The summed E-state index contributed by atoms with van der Waals surface area (Å²) in [5.41, 5.74) is 0.900. The SMILES string of the molecule is CCCCCCCC(Cl)c1cc(Cl)c(OCC)cc1Cl. The lowest BCUT2D eigenvalue weighted by atomic mass is 10.0. The Morgan fingerprint density at radius 1 is 1.00 bits per heavy atom. The molecule has 1 atom stereocenters. The van der Waals surface area contributed by atoms with Crippen LogP contribution in [0.2, 0.25) is 10.0 Å². The molecule has 0 N–H and O–H groups in total.